The first-order chi connectivity index (χ1) is 16.6. The zero-order valence-corrected chi connectivity index (χ0v) is 20.5. The van der Waals surface area contributed by atoms with E-state index in [1.165, 1.54) is 0 Å². The lowest BCUT2D eigenvalue weighted by atomic mass is 10.1. The number of hydrogen-bond acceptors (Lipinski definition) is 8. The summed E-state index contributed by atoms with van der Waals surface area (Å²) in [6.07, 6.45) is 3.57. The largest absolute Gasteiger partial charge is 0.344 e. The summed E-state index contributed by atoms with van der Waals surface area (Å²) < 4.78 is 1.89. The Hall–Kier alpha value is -3.37. The molecular formula is C24H23N7OS2. The van der Waals surface area contributed by atoms with Gasteiger partial charge in [-0.2, -0.15) is 5.10 Å². The molecule has 0 spiro atoms. The van der Waals surface area contributed by atoms with E-state index in [1.54, 1.807) is 35.1 Å². The van der Waals surface area contributed by atoms with Gasteiger partial charge in [-0.1, -0.05) is 17.4 Å². The van der Waals surface area contributed by atoms with Crippen molar-refractivity contribution in [2.45, 2.75) is 19.9 Å². The smallest absolute Gasteiger partial charge is 0.254 e. The summed E-state index contributed by atoms with van der Waals surface area (Å²) in [6.45, 7) is 6.90. The zero-order valence-electron chi connectivity index (χ0n) is 18.9. The van der Waals surface area contributed by atoms with E-state index < -0.39 is 0 Å². The van der Waals surface area contributed by atoms with Crippen molar-refractivity contribution in [3.8, 4) is 10.6 Å². The van der Waals surface area contributed by atoms with E-state index in [-0.39, 0.29) is 11.9 Å². The summed E-state index contributed by atoms with van der Waals surface area (Å²) >= 11 is 3.22. The van der Waals surface area contributed by atoms with E-state index in [1.807, 2.05) is 45.3 Å². The SMILES string of the molecule is CC(C)n1ncc2c(C(=O)N3CCN(c4nc5cccnc5s4)CC3)cc(-c3cccs3)nc21. The third-order valence-electron chi connectivity index (χ3n) is 6.05. The van der Waals surface area contributed by atoms with Crippen LogP contribution in [0.5, 0.6) is 0 Å². The number of pyridine rings is 2. The summed E-state index contributed by atoms with van der Waals surface area (Å²) in [4.78, 5) is 33.9. The molecule has 0 unspecified atom stereocenters. The van der Waals surface area contributed by atoms with E-state index in [4.69, 9.17) is 9.97 Å². The number of rotatable bonds is 4. The molecule has 10 heteroatoms. The van der Waals surface area contributed by atoms with Crippen LogP contribution in [0.15, 0.2) is 48.1 Å². The van der Waals surface area contributed by atoms with E-state index >= 15 is 0 Å². The highest BCUT2D eigenvalue weighted by Crippen LogP contribution is 2.31. The lowest BCUT2D eigenvalue weighted by Crippen LogP contribution is -2.48. The van der Waals surface area contributed by atoms with Crippen LogP contribution in [-0.2, 0) is 0 Å². The van der Waals surface area contributed by atoms with Gasteiger partial charge >= 0.3 is 0 Å². The van der Waals surface area contributed by atoms with Crippen LogP contribution in [0.4, 0.5) is 5.13 Å². The first-order valence-corrected chi connectivity index (χ1v) is 13.0. The molecular weight excluding hydrogens is 466 g/mol. The van der Waals surface area contributed by atoms with Crippen molar-refractivity contribution in [1.82, 2.24) is 29.6 Å². The van der Waals surface area contributed by atoms with Crippen LogP contribution in [0.3, 0.4) is 0 Å². The van der Waals surface area contributed by atoms with Crippen molar-refractivity contribution in [1.29, 1.82) is 0 Å². The first kappa shape index (κ1) is 21.2. The minimum absolute atomic E-state index is 0.0270. The van der Waals surface area contributed by atoms with E-state index in [2.05, 4.69) is 28.8 Å². The fourth-order valence-corrected chi connectivity index (χ4v) is 5.93. The number of thiophene rings is 1. The third-order valence-corrected chi connectivity index (χ3v) is 7.98. The number of piperazine rings is 1. The number of aromatic nitrogens is 5. The lowest BCUT2D eigenvalue weighted by molar-refractivity contribution is 0.0748. The van der Waals surface area contributed by atoms with Gasteiger partial charge < -0.3 is 9.80 Å². The Morgan fingerprint density at radius 2 is 1.94 bits per heavy atom. The van der Waals surface area contributed by atoms with Crippen molar-refractivity contribution in [2.24, 2.45) is 0 Å². The Balaban J connectivity index is 1.29. The number of carbonyl (C=O) groups is 1. The summed E-state index contributed by atoms with van der Waals surface area (Å²) in [5.41, 5.74) is 3.15. The third kappa shape index (κ3) is 3.63. The number of carbonyl (C=O) groups excluding carboxylic acids is 1. The van der Waals surface area contributed by atoms with Crippen LogP contribution in [0.1, 0.15) is 30.2 Å². The molecule has 1 aliphatic heterocycles. The molecule has 0 bridgehead atoms. The van der Waals surface area contributed by atoms with Gasteiger partial charge in [0, 0.05) is 38.4 Å². The van der Waals surface area contributed by atoms with Gasteiger partial charge in [0.15, 0.2) is 10.8 Å². The van der Waals surface area contributed by atoms with Crippen LogP contribution in [-0.4, -0.2) is 61.7 Å². The zero-order chi connectivity index (χ0) is 23.2. The number of anilines is 1. The molecule has 172 valence electrons. The minimum atomic E-state index is 0.0270. The van der Waals surface area contributed by atoms with E-state index in [9.17, 15) is 4.79 Å². The van der Waals surface area contributed by atoms with Gasteiger partial charge in [-0.15, -0.1) is 11.3 Å². The molecule has 5 aromatic rings. The molecule has 34 heavy (non-hydrogen) atoms. The maximum absolute atomic E-state index is 13.7. The van der Waals surface area contributed by atoms with Crippen molar-refractivity contribution in [3.05, 3.63) is 53.7 Å². The average molecular weight is 490 g/mol. The van der Waals surface area contributed by atoms with Crippen LogP contribution in [0.2, 0.25) is 0 Å². The van der Waals surface area contributed by atoms with E-state index in [0.29, 0.717) is 18.7 Å². The molecule has 6 heterocycles. The molecule has 6 rings (SSSR count). The van der Waals surface area contributed by atoms with Crippen LogP contribution < -0.4 is 4.90 Å². The normalized spacial score (nSPS) is 14.6. The molecule has 5 aromatic heterocycles. The van der Waals surface area contributed by atoms with Gasteiger partial charge in [-0.05, 0) is 43.5 Å². The van der Waals surface area contributed by atoms with Gasteiger partial charge in [0.05, 0.1) is 27.7 Å². The number of nitrogens with zero attached hydrogens (tertiary/aromatic N) is 7. The fourth-order valence-electron chi connectivity index (χ4n) is 4.29. The molecule has 1 aliphatic rings. The summed E-state index contributed by atoms with van der Waals surface area (Å²) in [5.74, 6) is 0.0270. The standard InChI is InChI=1S/C24H23N7OS2/c1-15(2)31-21-17(14-26-31)16(13-19(27-21)20-6-4-12-33-20)23(32)29-8-10-30(11-9-29)24-28-18-5-3-7-25-22(18)34-24/h3-7,12-15H,8-11H2,1-2H3. The molecule has 1 fully saturated rings. The van der Waals surface area contributed by atoms with Crippen molar-refractivity contribution in [3.63, 3.8) is 0 Å². The molecule has 0 N–H and O–H groups in total. The van der Waals surface area contributed by atoms with Gasteiger partial charge in [0.25, 0.3) is 5.91 Å². The van der Waals surface area contributed by atoms with Gasteiger partial charge in [-0.3, -0.25) is 4.79 Å². The van der Waals surface area contributed by atoms with Crippen molar-refractivity contribution >= 4 is 55.1 Å². The van der Waals surface area contributed by atoms with E-state index in [0.717, 1.165) is 50.2 Å². The molecule has 0 aliphatic carbocycles. The quantitative estimate of drug-likeness (QED) is 0.364. The molecule has 0 atom stereocenters. The van der Waals surface area contributed by atoms with Gasteiger partial charge in [-0.25, -0.2) is 19.6 Å². The number of hydrogen-bond donors (Lipinski definition) is 0. The predicted molar refractivity (Wildman–Crippen MR) is 137 cm³/mol. The first-order valence-electron chi connectivity index (χ1n) is 11.3. The summed E-state index contributed by atoms with van der Waals surface area (Å²) in [6, 6.07) is 10.0. The maximum Gasteiger partial charge on any atom is 0.254 e. The Morgan fingerprint density at radius 3 is 2.68 bits per heavy atom. The second kappa shape index (κ2) is 8.44. The number of amides is 1. The Labute approximate surface area is 204 Å². The Bertz CT molecular complexity index is 1450. The van der Waals surface area contributed by atoms with Crippen LogP contribution in [0.25, 0.3) is 32.0 Å². The second-order valence-corrected chi connectivity index (χ2v) is 10.5. The van der Waals surface area contributed by atoms with Gasteiger partial charge in [0.1, 0.15) is 10.3 Å². The average Bonchev–Trinajstić information content (AvgIpc) is 3.62. The van der Waals surface area contributed by atoms with Gasteiger partial charge in [0.2, 0.25) is 0 Å². The topological polar surface area (TPSA) is 80.0 Å². The second-order valence-electron chi connectivity index (χ2n) is 8.56. The Morgan fingerprint density at radius 1 is 1.09 bits per heavy atom. The number of thiazole rings is 1. The van der Waals surface area contributed by atoms with Crippen molar-refractivity contribution in [2.75, 3.05) is 31.1 Å². The molecule has 1 saturated heterocycles. The van der Waals surface area contributed by atoms with Crippen LogP contribution in [0, 0.1) is 0 Å². The fraction of sp³-hybridized carbons (Fsp3) is 0.292. The highest BCUT2D eigenvalue weighted by molar-refractivity contribution is 7.21. The minimum Gasteiger partial charge on any atom is -0.344 e. The van der Waals surface area contributed by atoms with Crippen molar-refractivity contribution < 1.29 is 4.79 Å². The summed E-state index contributed by atoms with van der Waals surface area (Å²) in [7, 11) is 0. The molecule has 0 aromatic carbocycles. The Kier molecular flexibility index (Phi) is 5.26. The van der Waals surface area contributed by atoms with Crippen LogP contribution >= 0.6 is 22.7 Å². The predicted octanol–water partition coefficient (Wildman–Crippen LogP) is 4.71. The molecule has 8 nitrogen and oxygen atoms in total. The monoisotopic (exact) mass is 489 g/mol. The molecule has 0 saturated carbocycles. The highest BCUT2D eigenvalue weighted by Gasteiger charge is 2.27. The highest BCUT2D eigenvalue weighted by atomic mass is 32.1. The summed E-state index contributed by atoms with van der Waals surface area (Å²) in [5, 5.41) is 8.34. The molecule has 0 radical (unpaired) electrons. The number of fused-ring (bicyclic) bond motifs is 2. The maximum atomic E-state index is 13.7. The molecule has 1 amide bonds. The lowest BCUT2D eigenvalue weighted by Gasteiger charge is -2.34.